The van der Waals surface area contributed by atoms with Gasteiger partial charge in [0.05, 0.1) is 10.6 Å². The molecule has 0 aliphatic carbocycles. The van der Waals surface area contributed by atoms with Crippen LogP contribution in [0.25, 0.3) is 0 Å². The van der Waals surface area contributed by atoms with E-state index in [4.69, 9.17) is 8.92 Å². The van der Waals surface area contributed by atoms with E-state index in [0.29, 0.717) is 10.8 Å². The van der Waals surface area contributed by atoms with E-state index < -0.39 is 21.8 Å². The second-order valence-corrected chi connectivity index (χ2v) is 8.77. The van der Waals surface area contributed by atoms with Gasteiger partial charge < -0.3 is 4.74 Å². The molecule has 0 unspecified atom stereocenters. The van der Waals surface area contributed by atoms with Gasteiger partial charge in [0.25, 0.3) is 10.1 Å². The maximum atomic E-state index is 12.1. The van der Waals surface area contributed by atoms with Gasteiger partial charge in [-0.2, -0.15) is 8.42 Å². The number of aryl methyl sites for hydroxylation is 1. The van der Waals surface area contributed by atoms with Crippen LogP contribution in [-0.2, 0) is 25.6 Å². The molecular formula is C16H20N2O5S2. The van der Waals surface area contributed by atoms with E-state index in [0.717, 1.165) is 16.9 Å². The van der Waals surface area contributed by atoms with Crippen LogP contribution in [0, 0.1) is 6.92 Å². The normalized spacial score (nSPS) is 12.0. The second-order valence-electron chi connectivity index (χ2n) is 6.30. The lowest BCUT2D eigenvalue weighted by Crippen LogP contribution is -2.27. The average molecular weight is 384 g/mol. The molecule has 0 bridgehead atoms. The molecule has 0 radical (unpaired) electrons. The van der Waals surface area contributed by atoms with Crippen LogP contribution < -0.4 is 5.32 Å². The summed E-state index contributed by atoms with van der Waals surface area (Å²) < 4.78 is 34.4. The lowest BCUT2D eigenvalue weighted by Gasteiger charge is -2.18. The zero-order chi connectivity index (χ0) is 18.7. The number of hydrogen-bond acceptors (Lipinski definition) is 7. The van der Waals surface area contributed by atoms with Crippen LogP contribution in [0.3, 0.4) is 0 Å². The molecular weight excluding hydrogens is 364 g/mol. The fourth-order valence-electron chi connectivity index (χ4n) is 1.73. The number of nitrogens with zero attached hydrogens (tertiary/aromatic N) is 1. The number of hydrogen-bond donors (Lipinski definition) is 1. The summed E-state index contributed by atoms with van der Waals surface area (Å²) in [4.78, 5) is 15.9. The van der Waals surface area contributed by atoms with Crippen molar-refractivity contribution in [2.24, 2.45) is 0 Å². The van der Waals surface area contributed by atoms with E-state index >= 15 is 0 Å². The molecule has 0 aliphatic rings. The molecule has 2 rings (SSSR count). The quantitative estimate of drug-likeness (QED) is 0.790. The molecule has 136 valence electrons. The first-order valence-corrected chi connectivity index (χ1v) is 9.74. The summed E-state index contributed by atoms with van der Waals surface area (Å²) >= 11 is 1.15. The molecule has 0 aliphatic heterocycles. The molecule has 0 fully saturated rings. The highest BCUT2D eigenvalue weighted by atomic mass is 32.2. The first kappa shape index (κ1) is 19.4. The molecule has 1 N–H and O–H groups in total. The fraction of sp³-hybridized carbons (Fsp3) is 0.375. The van der Waals surface area contributed by atoms with Gasteiger partial charge in [-0.15, -0.1) is 11.3 Å². The molecule has 0 atom stereocenters. The van der Waals surface area contributed by atoms with E-state index in [2.05, 4.69) is 10.3 Å². The van der Waals surface area contributed by atoms with Crippen molar-refractivity contribution in [2.75, 3.05) is 5.32 Å². The van der Waals surface area contributed by atoms with Crippen molar-refractivity contribution < 1.29 is 22.1 Å². The number of anilines is 1. The second kappa shape index (κ2) is 7.51. The first-order chi connectivity index (χ1) is 11.5. The Balaban J connectivity index is 1.95. The van der Waals surface area contributed by atoms with Crippen molar-refractivity contribution in [3.05, 3.63) is 40.9 Å². The molecule has 0 saturated heterocycles. The third-order valence-corrected chi connectivity index (χ3v) is 4.92. The van der Waals surface area contributed by atoms with E-state index in [-0.39, 0.29) is 11.5 Å². The fourth-order valence-corrected chi connectivity index (χ4v) is 3.29. The van der Waals surface area contributed by atoms with E-state index in [1.165, 1.54) is 12.1 Å². The molecule has 9 heteroatoms. The predicted octanol–water partition coefficient (Wildman–Crippen LogP) is 3.70. The number of thiazole rings is 1. The molecule has 1 heterocycles. The minimum Gasteiger partial charge on any atom is -0.444 e. The van der Waals surface area contributed by atoms with Gasteiger partial charge in [-0.1, -0.05) is 17.7 Å². The minimum absolute atomic E-state index is 0.0837. The standard InChI is InChI=1S/C16H20N2O5S2/c1-11-5-7-13(8-6-11)25(20,21)22-9-12-10-24-14(17-12)18-15(19)23-16(2,3)4/h5-8,10H,9H2,1-4H3,(H,17,18,19). The Bertz CT molecular complexity index is 836. The maximum Gasteiger partial charge on any atom is 0.413 e. The monoisotopic (exact) mass is 384 g/mol. The Labute approximate surface area is 151 Å². The van der Waals surface area contributed by atoms with Gasteiger partial charge in [-0.3, -0.25) is 9.50 Å². The Morgan fingerprint density at radius 2 is 1.88 bits per heavy atom. The Morgan fingerprint density at radius 3 is 2.48 bits per heavy atom. The summed E-state index contributed by atoms with van der Waals surface area (Å²) in [5, 5.41) is 4.41. The van der Waals surface area contributed by atoms with Gasteiger partial charge in [0, 0.05) is 5.38 Å². The van der Waals surface area contributed by atoms with Crippen molar-refractivity contribution >= 4 is 32.7 Å². The maximum absolute atomic E-state index is 12.1. The largest absolute Gasteiger partial charge is 0.444 e. The van der Waals surface area contributed by atoms with Crippen molar-refractivity contribution in [1.82, 2.24) is 4.98 Å². The molecule has 0 saturated carbocycles. The summed E-state index contributed by atoms with van der Waals surface area (Å²) in [5.41, 5.74) is 0.734. The molecule has 1 aromatic heterocycles. The Hall–Kier alpha value is -1.97. The summed E-state index contributed by atoms with van der Waals surface area (Å²) in [6, 6.07) is 6.37. The van der Waals surface area contributed by atoms with Crippen molar-refractivity contribution in [1.29, 1.82) is 0 Å². The average Bonchev–Trinajstić information content (AvgIpc) is 2.91. The lowest BCUT2D eigenvalue weighted by atomic mass is 10.2. The highest BCUT2D eigenvalue weighted by molar-refractivity contribution is 7.86. The number of nitrogens with one attached hydrogen (secondary N) is 1. The van der Waals surface area contributed by atoms with Crippen LogP contribution in [0.15, 0.2) is 34.5 Å². The summed E-state index contributed by atoms with van der Waals surface area (Å²) in [7, 11) is -3.86. The zero-order valence-corrected chi connectivity index (χ0v) is 16.0. The molecule has 0 spiro atoms. The van der Waals surface area contributed by atoms with Crippen LogP contribution in [0.2, 0.25) is 0 Å². The predicted molar refractivity (Wildman–Crippen MR) is 95.1 cm³/mol. The van der Waals surface area contributed by atoms with E-state index in [1.54, 1.807) is 38.3 Å². The van der Waals surface area contributed by atoms with Gasteiger partial charge in [0.15, 0.2) is 5.13 Å². The topological polar surface area (TPSA) is 94.6 Å². The molecule has 2 aromatic rings. The minimum atomic E-state index is -3.86. The van der Waals surface area contributed by atoms with Crippen LogP contribution in [-0.4, -0.2) is 25.1 Å². The third kappa shape index (κ3) is 6.11. The summed E-state index contributed by atoms with van der Waals surface area (Å²) in [6.45, 7) is 6.91. The molecule has 1 amide bonds. The van der Waals surface area contributed by atoms with Crippen molar-refractivity contribution in [3.8, 4) is 0 Å². The van der Waals surface area contributed by atoms with Crippen LogP contribution in [0.4, 0.5) is 9.93 Å². The van der Waals surface area contributed by atoms with E-state index in [1.807, 2.05) is 6.92 Å². The number of benzene rings is 1. The van der Waals surface area contributed by atoms with E-state index in [9.17, 15) is 13.2 Å². The summed E-state index contributed by atoms with van der Waals surface area (Å²) in [5.74, 6) is 0. The van der Waals surface area contributed by atoms with Crippen molar-refractivity contribution in [2.45, 2.75) is 44.8 Å². The number of ether oxygens (including phenoxy) is 1. The van der Waals surface area contributed by atoms with Gasteiger partial charge in [-0.25, -0.2) is 9.78 Å². The first-order valence-electron chi connectivity index (χ1n) is 7.46. The third-order valence-electron chi connectivity index (χ3n) is 2.83. The van der Waals surface area contributed by atoms with Gasteiger partial charge in [0.1, 0.15) is 12.2 Å². The number of carbonyl (C=O) groups is 1. The zero-order valence-electron chi connectivity index (χ0n) is 14.4. The van der Waals surface area contributed by atoms with Crippen molar-refractivity contribution in [3.63, 3.8) is 0 Å². The number of rotatable bonds is 5. The molecule has 7 nitrogen and oxygen atoms in total. The lowest BCUT2D eigenvalue weighted by molar-refractivity contribution is 0.0636. The molecule has 1 aromatic carbocycles. The molecule has 25 heavy (non-hydrogen) atoms. The number of amides is 1. The van der Waals surface area contributed by atoms with Crippen LogP contribution >= 0.6 is 11.3 Å². The van der Waals surface area contributed by atoms with Crippen LogP contribution in [0.5, 0.6) is 0 Å². The number of carbonyl (C=O) groups excluding carboxylic acids is 1. The van der Waals surface area contributed by atoms with Gasteiger partial charge in [-0.05, 0) is 39.8 Å². The highest BCUT2D eigenvalue weighted by Gasteiger charge is 2.18. The summed E-state index contributed by atoms with van der Waals surface area (Å²) in [6.07, 6.45) is -0.624. The van der Waals surface area contributed by atoms with Crippen LogP contribution in [0.1, 0.15) is 32.0 Å². The SMILES string of the molecule is Cc1ccc(S(=O)(=O)OCc2csc(NC(=O)OC(C)(C)C)n2)cc1. The Morgan fingerprint density at radius 1 is 1.24 bits per heavy atom. The Kier molecular flexibility index (Phi) is 5.81. The smallest absolute Gasteiger partial charge is 0.413 e. The number of aromatic nitrogens is 1. The van der Waals surface area contributed by atoms with Gasteiger partial charge in [0.2, 0.25) is 0 Å². The highest BCUT2D eigenvalue weighted by Crippen LogP contribution is 2.20. The van der Waals surface area contributed by atoms with Gasteiger partial charge >= 0.3 is 6.09 Å².